The van der Waals surface area contributed by atoms with Gasteiger partial charge in [-0.25, -0.2) is 9.48 Å². The van der Waals surface area contributed by atoms with Crippen LogP contribution in [-0.4, -0.2) is 45.5 Å². The number of benzene rings is 1. The normalized spacial score (nSPS) is 20.2. The quantitative estimate of drug-likeness (QED) is 0.837. The molecule has 1 unspecified atom stereocenters. The minimum Gasteiger partial charge on any atom is -0.396 e. The lowest BCUT2D eigenvalue weighted by Crippen LogP contribution is -2.49. The lowest BCUT2D eigenvalue weighted by atomic mass is 9.78. The van der Waals surface area contributed by atoms with Gasteiger partial charge in [-0.1, -0.05) is 30.7 Å². The van der Waals surface area contributed by atoms with Gasteiger partial charge < -0.3 is 10.0 Å². The lowest BCUT2D eigenvalue weighted by molar-refractivity contribution is 0.0468. The van der Waals surface area contributed by atoms with Crippen LogP contribution in [0.4, 0.5) is 10.6 Å². The fraction of sp³-hybridized carbons (Fsp3) is 0.474. The fourth-order valence-electron chi connectivity index (χ4n) is 3.43. The summed E-state index contributed by atoms with van der Waals surface area (Å²) in [6, 6.07) is 9.20. The first-order valence-electron chi connectivity index (χ1n) is 8.98. The van der Waals surface area contributed by atoms with E-state index < -0.39 is 0 Å². The van der Waals surface area contributed by atoms with Gasteiger partial charge in [0.2, 0.25) is 0 Å². The van der Waals surface area contributed by atoms with Gasteiger partial charge in [0.05, 0.1) is 19.3 Å². The highest BCUT2D eigenvalue weighted by Gasteiger charge is 2.35. The number of carbonyl (C=O) groups excluding carboxylic acids is 1. The van der Waals surface area contributed by atoms with Crippen LogP contribution in [0.2, 0.25) is 5.02 Å². The average Bonchev–Trinajstić information content (AvgIpc) is 3.10. The van der Waals surface area contributed by atoms with Gasteiger partial charge in [-0.2, -0.15) is 5.10 Å². The Labute approximate surface area is 158 Å². The predicted octanol–water partition coefficient (Wildman–Crippen LogP) is 3.60. The Morgan fingerprint density at radius 1 is 1.35 bits per heavy atom. The van der Waals surface area contributed by atoms with Crippen molar-refractivity contribution in [1.82, 2.24) is 14.7 Å². The number of amides is 2. The van der Waals surface area contributed by atoms with Crippen LogP contribution in [0.1, 0.15) is 31.7 Å². The van der Waals surface area contributed by atoms with E-state index in [2.05, 4.69) is 17.3 Å². The second-order valence-corrected chi connectivity index (χ2v) is 7.40. The summed E-state index contributed by atoms with van der Waals surface area (Å²) in [5, 5.41) is 17.7. The van der Waals surface area contributed by atoms with Crippen LogP contribution in [-0.2, 0) is 6.54 Å². The number of anilines is 1. The average molecular weight is 377 g/mol. The maximum absolute atomic E-state index is 12.7. The van der Waals surface area contributed by atoms with Crippen molar-refractivity contribution in [2.24, 2.45) is 5.41 Å². The number of nitrogens with one attached hydrogen (secondary N) is 1. The second kappa shape index (κ2) is 8.10. The molecule has 1 aliphatic rings. The molecule has 26 heavy (non-hydrogen) atoms. The van der Waals surface area contributed by atoms with Crippen LogP contribution in [0.3, 0.4) is 0 Å². The first-order valence-corrected chi connectivity index (χ1v) is 9.36. The van der Waals surface area contributed by atoms with E-state index in [0.717, 1.165) is 24.8 Å². The first kappa shape index (κ1) is 18.7. The van der Waals surface area contributed by atoms with Gasteiger partial charge in [0, 0.05) is 29.6 Å². The van der Waals surface area contributed by atoms with E-state index in [1.54, 1.807) is 21.8 Å². The van der Waals surface area contributed by atoms with Crippen molar-refractivity contribution >= 4 is 23.4 Å². The van der Waals surface area contributed by atoms with Crippen LogP contribution in [0.5, 0.6) is 0 Å². The Morgan fingerprint density at radius 3 is 2.81 bits per heavy atom. The molecule has 0 saturated carbocycles. The molecule has 1 saturated heterocycles. The third-order valence-electron chi connectivity index (χ3n) is 5.23. The minimum atomic E-state index is -0.181. The van der Waals surface area contributed by atoms with Gasteiger partial charge in [-0.3, -0.25) is 5.32 Å². The molecular formula is C19H25ClN4O2. The van der Waals surface area contributed by atoms with Gasteiger partial charge in [0.15, 0.2) is 0 Å². The molecule has 2 heterocycles. The standard InChI is InChI=1S/C19H25ClN4O2/c1-2-19(14-25)9-3-11-23(13-19)18(26)22-17-8-10-21-24(17)12-15-4-6-16(20)7-5-15/h4-8,10,25H,2-3,9,11-14H2,1H3,(H,22,26). The van der Waals surface area contributed by atoms with Crippen molar-refractivity contribution < 1.29 is 9.90 Å². The third-order valence-corrected chi connectivity index (χ3v) is 5.48. The van der Waals surface area contributed by atoms with Gasteiger partial charge in [0.25, 0.3) is 0 Å². The number of aliphatic hydroxyl groups excluding tert-OH is 1. The summed E-state index contributed by atoms with van der Waals surface area (Å²) in [5.74, 6) is 0.654. The summed E-state index contributed by atoms with van der Waals surface area (Å²) < 4.78 is 1.75. The highest BCUT2D eigenvalue weighted by atomic mass is 35.5. The molecule has 1 fully saturated rings. The molecule has 1 aromatic carbocycles. The van der Waals surface area contributed by atoms with Crippen molar-refractivity contribution in [2.45, 2.75) is 32.7 Å². The van der Waals surface area contributed by atoms with E-state index in [1.165, 1.54) is 0 Å². The second-order valence-electron chi connectivity index (χ2n) is 6.97. The number of hydrogen-bond acceptors (Lipinski definition) is 3. The molecule has 7 heteroatoms. The number of hydrogen-bond donors (Lipinski definition) is 2. The smallest absolute Gasteiger partial charge is 0.323 e. The zero-order valence-corrected chi connectivity index (χ0v) is 15.7. The number of rotatable bonds is 5. The predicted molar refractivity (Wildman–Crippen MR) is 102 cm³/mol. The Bertz CT molecular complexity index is 740. The fourth-order valence-corrected chi connectivity index (χ4v) is 3.55. The van der Waals surface area contributed by atoms with Crippen LogP contribution in [0.25, 0.3) is 0 Å². The molecule has 2 N–H and O–H groups in total. The SMILES string of the molecule is CCC1(CO)CCCN(C(=O)Nc2ccnn2Cc2ccc(Cl)cc2)C1. The number of aromatic nitrogens is 2. The van der Waals surface area contributed by atoms with Crippen LogP contribution in [0, 0.1) is 5.41 Å². The topological polar surface area (TPSA) is 70.4 Å². The number of nitrogens with zero attached hydrogens (tertiary/aromatic N) is 3. The van der Waals surface area contributed by atoms with Crippen LogP contribution < -0.4 is 5.32 Å². The molecule has 0 radical (unpaired) electrons. The Morgan fingerprint density at radius 2 is 2.12 bits per heavy atom. The van der Waals surface area contributed by atoms with Crippen LogP contribution >= 0.6 is 11.6 Å². The third kappa shape index (κ3) is 4.19. The summed E-state index contributed by atoms with van der Waals surface area (Å²) in [6.07, 6.45) is 4.40. The molecule has 3 rings (SSSR count). The maximum atomic E-state index is 12.7. The molecule has 0 spiro atoms. The number of likely N-dealkylation sites (tertiary alicyclic amines) is 1. The highest BCUT2D eigenvalue weighted by Crippen LogP contribution is 2.33. The van der Waals surface area contributed by atoms with Crippen molar-refractivity contribution in [3.05, 3.63) is 47.1 Å². The molecule has 2 aromatic rings. The highest BCUT2D eigenvalue weighted by molar-refractivity contribution is 6.30. The molecular weight excluding hydrogens is 352 g/mol. The number of aliphatic hydroxyl groups is 1. The van der Waals surface area contributed by atoms with Crippen molar-refractivity contribution in [3.8, 4) is 0 Å². The Balaban J connectivity index is 1.67. The lowest BCUT2D eigenvalue weighted by Gasteiger charge is -2.41. The zero-order valence-electron chi connectivity index (χ0n) is 15.0. The first-order chi connectivity index (χ1) is 12.5. The summed E-state index contributed by atoms with van der Waals surface area (Å²) >= 11 is 5.92. The molecule has 140 valence electrons. The van der Waals surface area contributed by atoms with E-state index in [0.29, 0.717) is 30.5 Å². The molecule has 0 bridgehead atoms. The van der Waals surface area contributed by atoms with E-state index in [4.69, 9.17) is 11.6 Å². The van der Waals surface area contributed by atoms with Crippen molar-refractivity contribution in [1.29, 1.82) is 0 Å². The van der Waals surface area contributed by atoms with E-state index in [1.807, 2.05) is 24.3 Å². The number of piperidine rings is 1. The summed E-state index contributed by atoms with van der Waals surface area (Å²) in [5.41, 5.74) is 0.871. The Hall–Kier alpha value is -2.05. The summed E-state index contributed by atoms with van der Waals surface area (Å²) in [4.78, 5) is 14.5. The van der Waals surface area contributed by atoms with Gasteiger partial charge >= 0.3 is 6.03 Å². The zero-order chi connectivity index (χ0) is 18.6. The Kier molecular flexibility index (Phi) is 5.84. The summed E-state index contributed by atoms with van der Waals surface area (Å²) in [7, 11) is 0. The molecule has 6 nitrogen and oxygen atoms in total. The van der Waals surface area contributed by atoms with Gasteiger partial charge in [-0.05, 0) is 37.0 Å². The maximum Gasteiger partial charge on any atom is 0.323 e. The molecule has 1 aromatic heterocycles. The number of halogens is 1. The van der Waals surface area contributed by atoms with Crippen molar-refractivity contribution in [2.75, 3.05) is 25.0 Å². The molecule has 0 aliphatic carbocycles. The number of urea groups is 1. The largest absolute Gasteiger partial charge is 0.396 e. The molecule has 1 atom stereocenters. The molecule has 1 aliphatic heterocycles. The number of carbonyl (C=O) groups is 1. The monoisotopic (exact) mass is 376 g/mol. The van der Waals surface area contributed by atoms with E-state index in [-0.39, 0.29) is 18.1 Å². The minimum absolute atomic E-state index is 0.113. The van der Waals surface area contributed by atoms with E-state index >= 15 is 0 Å². The van der Waals surface area contributed by atoms with Crippen molar-refractivity contribution in [3.63, 3.8) is 0 Å². The van der Waals surface area contributed by atoms with E-state index in [9.17, 15) is 9.90 Å². The van der Waals surface area contributed by atoms with Crippen LogP contribution in [0.15, 0.2) is 36.5 Å². The van der Waals surface area contributed by atoms with Gasteiger partial charge in [-0.15, -0.1) is 0 Å². The van der Waals surface area contributed by atoms with Gasteiger partial charge in [0.1, 0.15) is 5.82 Å². The summed E-state index contributed by atoms with van der Waals surface area (Å²) in [6.45, 7) is 4.02. The molecule has 2 amide bonds.